The van der Waals surface area contributed by atoms with Crippen molar-refractivity contribution >= 4 is 10.0 Å². The second-order valence-corrected chi connectivity index (χ2v) is 9.91. The third-order valence-electron chi connectivity index (χ3n) is 6.05. The summed E-state index contributed by atoms with van der Waals surface area (Å²) in [6.45, 7) is 6.82. The predicted molar refractivity (Wildman–Crippen MR) is 93.4 cm³/mol. The average molecular weight is 361 g/mol. The van der Waals surface area contributed by atoms with Crippen LogP contribution in [0.25, 0.3) is 0 Å². The summed E-state index contributed by atoms with van der Waals surface area (Å²) in [5, 5.41) is 0. The van der Waals surface area contributed by atoms with Gasteiger partial charge in [-0.2, -0.15) is 0 Å². The van der Waals surface area contributed by atoms with Crippen LogP contribution in [0.3, 0.4) is 0 Å². The van der Waals surface area contributed by atoms with Gasteiger partial charge in [-0.1, -0.05) is 0 Å². The molecule has 1 atom stereocenters. The van der Waals surface area contributed by atoms with Gasteiger partial charge in [0.1, 0.15) is 0 Å². The van der Waals surface area contributed by atoms with E-state index in [1.165, 1.54) is 19.1 Å². The lowest BCUT2D eigenvalue weighted by Crippen LogP contribution is -2.47. The van der Waals surface area contributed by atoms with E-state index in [-0.39, 0.29) is 5.41 Å². The fraction of sp³-hybridized carbons (Fsp3) is 1.00. The quantitative estimate of drug-likeness (QED) is 0.647. The maximum atomic E-state index is 11.8. The molecule has 3 rings (SSSR count). The van der Waals surface area contributed by atoms with Gasteiger partial charge in [-0.05, 0) is 37.0 Å². The Morgan fingerprint density at radius 3 is 2.46 bits per heavy atom. The van der Waals surface area contributed by atoms with E-state index in [0.717, 1.165) is 58.2 Å². The third-order valence-corrected chi connectivity index (χ3v) is 7.35. The Balaban J connectivity index is 1.60. The number of ether oxygens (including phenoxy) is 2. The van der Waals surface area contributed by atoms with Crippen LogP contribution in [0.4, 0.5) is 0 Å². The normalized spacial score (nSPS) is 28.7. The molecule has 0 bridgehead atoms. The molecule has 1 aliphatic carbocycles. The summed E-state index contributed by atoms with van der Waals surface area (Å²) in [7, 11) is -1.33. The van der Waals surface area contributed by atoms with Gasteiger partial charge in [0.05, 0.1) is 19.5 Å². The summed E-state index contributed by atoms with van der Waals surface area (Å²) >= 11 is 0. The Bertz CT molecular complexity index is 513. The molecule has 0 radical (unpaired) electrons. The van der Waals surface area contributed by atoms with Crippen LogP contribution in [-0.4, -0.2) is 83.5 Å². The maximum absolute atomic E-state index is 11.8. The minimum Gasteiger partial charge on any atom is -0.383 e. The van der Waals surface area contributed by atoms with Crippen molar-refractivity contribution in [2.24, 2.45) is 17.3 Å². The summed E-state index contributed by atoms with van der Waals surface area (Å²) in [4.78, 5) is 2.48. The Morgan fingerprint density at radius 2 is 1.88 bits per heavy atom. The summed E-state index contributed by atoms with van der Waals surface area (Å²) in [6.07, 6.45) is 5.85. The van der Waals surface area contributed by atoms with Crippen LogP contribution in [0.5, 0.6) is 0 Å². The van der Waals surface area contributed by atoms with Gasteiger partial charge in [0.25, 0.3) is 0 Å². The molecule has 7 heteroatoms. The second kappa shape index (κ2) is 7.58. The first-order chi connectivity index (χ1) is 11.4. The topological polar surface area (TPSA) is 59.1 Å². The minimum atomic E-state index is -3.07. The highest BCUT2D eigenvalue weighted by molar-refractivity contribution is 7.88. The lowest BCUT2D eigenvalue weighted by molar-refractivity contribution is 0.0309. The van der Waals surface area contributed by atoms with Crippen molar-refractivity contribution in [3.63, 3.8) is 0 Å². The molecule has 0 amide bonds. The molecule has 1 spiro atoms. The van der Waals surface area contributed by atoms with E-state index < -0.39 is 10.0 Å². The fourth-order valence-electron chi connectivity index (χ4n) is 4.26. The zero-order valence-electron chi connectivity index (χ0n) is 15.1. The van der Waals surface area contributed by atoms with Crippen molar-refractivity contribution in [3.8, 4) is 0 Å². The van der Waals surface area contributed by atoms with Gasteiger partial charge in [-0.3, -0.25) is 0 Å². The predicted octanol–water partition coefficient (Wildman–Crippen LogP) is 1.03. The molecule has 1 saturated carbocycles. The van der Waals surface area contributed by atoms with Crippen LogP contribution in [0.2, 0.25) is 0 Å². The van der Waals surface area contributed by atoms with Gasteiger partial charge in [-0.15, -0.1) is 0 Å². The van der Waals surface area contributed by atoms with Crippen LogP contribution < -0.4 is 0 Å². The number of methoxy groups -OCH3 is 1. The Kier molecular flexibility index (Phi) is 5.87. The highest BCUT2D eigenvalue weighted by Crippen LogP contribution is 2.45. The average Bonchev–Trinajstić information content (AvgIpc) is 3.29. The van der Waals surface area contributed by atoms with E-state index in [1.54, 1.807) is 11.4 Å². The van der Waals surface area contributed by atoms with Crippen LogP contribution in [0.15, 0.2) is 0 Å². The molecule has 24 heavy (non-hydrogen) atoms. The summed E-state index contributed by atoms with van der Waals surface area (Å²) in [5.74, 6) is 1.30. The van der Waals surface area contributed by atoms with Crippen molar-refractivity contribution in [1.29, 1.82) is 0 Å². The van der Waals surface area contributed by atoms with Gasteiger partial charge in [0, 0.05) is 52.4 Å². The van der Waals surface area contributed by atoms with E-state index in [0.29, 0.717) is 19.0 Å². The smallest absolute Gasteiger partial charge is 0.211 e. The molecular formula is C17H32N2O4S. The first kappa shape index (κ1) is 18.6. The molecule has 3 fully saturated rings. The molecule has 0 aromatic heterocycles. The molecule has 6 nitrogen and oxygen atoms in total. The molecule has 3 aliphatic rings. The minimum absolute atomic E-state index is 0.207. The van der Waals surface area contributed by atoms with Gasteiger partial charge in [0.15, 0.2) is 0 Å². The van der Waals surface area contributed by atoms with Gasteiger partial charge >= 0.3 is 0 Å². The zero-order chi connectivity index (χ0) is 17.2. The Hall–Kier alpha value is -0.210. The largest absolute Gasteiger partial charge is 0.383 e. The molecule has 140 valence electrons. The van der Waals surface area contributed by atoms with Crippen molar-refractivity contribution < 1.29 is 17.9 Å². The number of hydrogen-bond acceptors (Lipinski definition) is 5. The lowest BCUT2D eigenvalue weighted by Gasteiger charge is -2.41. The number of piperidine rings is 1. The Labute approximate surface area is 146 Å². The number of likely N-dealkylation sites (tertiary alicyclic amines) is 1. The van der Waals surface area contributed by atoms with Crippen molar-refractivity contribution in [2.75, 3.05) is 65.9 Å². The number of hydrogen-bond donors (Lipinski definition) is 0. The molecular weight excluding hydrogens is 328 g/mol. The van der Waals surface area contributed by atoms with E-state index in [1.807, 2.05) is 0 Å². The molecule has 2 aliphatic heterocycles. The monoisotopic (exact) mass is 360 g/mol. The second-order valence-electron chi connectivity index (χ2n) is 7.93. The summed E-state index contributed by atoms with van der Waals surface area (Å²) < 4.78 is 36.5. The molecule has 0 N–H and O–H groups in total. The molecule has 0 aromatic carbocycles. The van der Waals surface area contributed by atoms with Crippen LogP contribution in [0.1, 0.15) is 25.7 Å². The van der Waals surface area contributed by atoms with Gasteiger partial charge < -0.3 is 14.4 Å². The van der Waals surface area contributed by atoms with Gasteiger partial charge in [0.2, 0.25) is 10.0 Å². The highest BCUT2D eigenvalue weighted by atomic mass is 32.2. The van der Waals surface area contributed by atoms with Crippen LogP contribution >= 0.6 is 0 Å². The fourth-order valence-corrected chi connectivity index (χ4v) is 5.10. The molecule has 0 aromatic rings. The maximum Gasteiger partial charge on any atom is 0.211 e. The van der Waals surface area contributed by atoms with Crippen molar-refractivity contribution in [2.45, 2.75) is 25.7 Å². The summed E-state index contributed by atoms with van der Waals surface area (Å²) in [5.41, 5.74) is 0.207. The van der Waals surface area contributed by atoms with Crippen molar-refractivity contribution in [3.05, 3.63) is 0 Å². The van der Waals surface area contributed by atoms with E-state index >= 15 is 0 Å². The van der Waals surface area contributed by atoms with E-state index in [9.17, 15) is 8.42 Å². The molecule has 2 saturated heterocycles. The van der Waals surface area contributed by atoms with Crippen molar-refractivity contribution in [1.82, 2.24) is 9.21 Å². The van der Waals surface area contributed by atoms with Crippen LogP contribution in [0, 0.1) is 17.3 Å². The lowest BCUT2D eigenvalue weighted by atomic mass is 9.71. The number of rotatable bonds is 8. The molecule has 1 unspecified atom stereocenters. The van der Waals surface area contributed by atoms with E-state index in [2.05, 4.69) is 4.90 Å². The third kappa shape index (κ3) is 4.49. The first-order valence-corrected chi connectivity index (χ1v) is 11.0. The number of nitrogens with zero attached hydrogens (tertiary/aromatic N) is 2. The first-order valence-electron chi connectivity index (χ1n) is 9.17. The molecule has 2 heterocycles. The Morgan fingerprint density at radius 1 is 1.17 bits per heavy atom. The summed E-state index contributed by atoms with van der Waals surface area (Å²) in [6, 6.07) is 0. The van der Waals surface area contributed by atoms with Gasteiger partial charge in [-0.25, -0.2) is 12.7 Å². The SMILES string of the molecule is COCCN1CC(COCC2CC2)C2(CCN(S(C)(=O)=O)CC2)C1. The standard InChI is InChI=1S/C17H32N2O4S/c1-22-10-9-18-11-16(13-23-12-15-3-4-15)17(14-18)5-7-19(8-6-17)24(2,20)21/h15-16H,3-14H2,1-2H3. The number of sulfonamides is 1. The zero-order valence-corrected chi connectivity index (χ0v) is 15.9. The van der Waals surface area contributed by atoms with Crippen LogP contribution in [-0.2, 0) is 19.5 Å². The van der Waals surface area contributed by atoms with E-state index in [4.69, 9.17) is 9.47 Å². The highest BCUT2D eigenvalue weighted by Gasteiger charge is 2.48.